The molecule has 0 bridgehead atoms. The Balaban J connectivity index is 1.14. The highest BCUT2D eigenvalue weighted by Crippen LogP contribution is 2.51. The Morgan fingerprint density at radius 2 is 1.20 bits per heavy atom. The molecule has 240 valence electrons. The maximum absolute atomic E-state index is 6.46. The standard InChI is InChI=1S/C43H31N5OS/c1-3-9-24(10-4-1)41-44-42(25-11-5-2-6-12-25)46-43(45-41)26-15-16-28-30-18-20-36-38-37-35(50-36)19-17-29-27-13-7-8-14-31(27)47(39(29)37)33-22-49-23-34(33)48(40(30)38)32(28)21-26/h1-21,33-34,41-42,44H,22-23H2,(H,45,46). The minimum Gasteiger partial charge on any atom is -0.377 e. The lowest BCUT2D eigenvalue weighted by molar-refractivity contribution is 0.182. The van der Waals surface area contributed by atoms with Gasteiger partial charge in [0.1, 0.15) is 18.2 Å². The maximum Gasteiger partial charge on any atom is 0.131 e. The van der Waals surface area contributed by atoms with Crippen LogP contribution in [0.1, 0.15) is 41.1 Å². The summed E-state index contributed by atoms with van der Waals surface area (Å²) in [6.07, 6.45) is -0.273. The molecule has 6 heterocycles. The third kappa shape index (κ3) is 3.61. The molecule has 1 saturated heterocycles. The fraction of sp³-hybridized carbons (Fsp3) is 0.140. The van der Waals surface area contributed by atoms with E-state index in [1.54, 1.807) is 0 Å². The molecule has 9 aromatic rings. The average Bonchev–Trinajstić information content (AvgIpc) is 3.94. The van der Waals surface area contributed by atoms with E-state index < -0.39 is 0 Å². The topological polar surface area (TPSA) is 55.5 Å². The van der Waals surface area contributed by atoms with Crippen LogP contribution in [-0.4, -0.2) is 28.2 Å². The molecule has 7 heteroatoms. The Kier molecular flexibility index (Phi) is 5.50. The van der Waals surface area contributed by atoms with Crippen molar-refractivity contribution in [3.8, 4) is 0 Å². The quantitative estimate of drug-likeness (QED) is 0.198. The van der Waals surface area contributed by atoms with Gasteiger partial charge in [0.25, 0.3) is 0 Å². The molecule has 6 nitrogen and oxygen atoms in total. The van der Waals surface area contributed by atoms with E-state index in [4.69, 9.17) is 9.73 Å². The Bertz CT molecular complexity index is 2880. The number of fused-ring (bicyclic) bond motifs is 9. The van der Waals surface area contributed by atoms with Gasteiger partial charge in [-0.2, -0.15) is 0 Å². The molecule has 0 amide bonds. The molecule has 12 rings (SSSR count). The first-order valence-electron chi connectivity index (χ1n) is 17.4. The Morgan fingerprint density at radius 1 is 0.600 bits per heavy atom. The molecule has 2 N–H and O–H groups in total. The SMILES string of the molecule is c1ccc(C2N=C(c3ccc4c5ccc6sc7ccc8c9ccccc9n9c8c7c6c5n(c4c3)C3COCC39)NC(c3ccccc3)N2)cc1. The number of para-hydroxylation sites is 1. The van der Waals surface area contributed by atoms with Crippen molar-refractivity contribution in [3.63, 3.8) is 0 Å². The molecule has 3 aromatic heterocycles. The number of nitrogens with zero attached hydrogens (tertiary/aromatic N) is 3. The van der Waals surface area contributed by atoms with Crippen LogP contribution in [0.5, 0.6) is 0 Å². The Morgan fingerprint density at radius 3 is 1.92 bits per heavy atom. The number of aliphatic imine (C=N–C) groups is 1. The number of benzene rings is 6. The lowest BCUT2D eigenvalue weighted by Crippen LogP contribution is -2.44. The van der Waals surface area contributed by atoms with Gasteiger partial charge >= 0.3 is 0 Å². The van der Waals surface area contributed by atoms with Gasteiger partial charge in [-0.3, -0.25) is 5.32 Å². The smallest absolute Gasteiger partial charge is 0.131 e. The summed E-state index contributed by atoms with van der Waals surface area (Å²) >= 11 is 1.91. The summed E-state index contributed by atoms with van der Waals surface area (Å²) in [6, 6.07) is 46.7. The number of nitrogens with one attached hydrogen (secondary N) is 2. The number of ether oxygens (including phenoxy) is 1. The van der Waals surface area contributed by atoms with Crippen molar-refractivity contribution in [2.24, 2.45) is 4.99 Å². The second-order valence-electron chi connectivity index (χ2n) is 13.9. The average molecular weight is 666 g/mol. The van der Waals surface area contributed by atoms with Crippen LogP contribution >= 0.6 is 11.3 Å². The summed E-state index contributed by atoms with van der Waals surface area (Å²) in [5.41, 5.74) is 8.60. The highest BCUT2D eigenvalue weighted by atomic mass is 32.1. The molecule has 4 unspecified atom stereocenters. The van der Waals surface area contributed by atoms with Gasteiger partial charge in [-0.05, 0) is 35.4 Å². The second kappa shape index (κ2) is 10.0. The molecule has 1 fully saturated rings. The van der Waals surface area contributed by atoms with Crippen LogP contribution < -0.4 is 10.6 Å². The van der Waals surface area contributed by atoms with E-state index in [0.717, 1.165) is 17.0 Å². The zero-order chi connectivity index (χ0) is 32.5. The molecule has 6 aromatic carbocycles. The maximum atomic E-state index is 6.46. The van der Waals surface area contributed by atoms with Crippen LogP contribution in [0.15, 0.2) is 132 Å². The van der Waals surface area contributed by atoms with Crippen LogP contribution in [0.25, 0.3) is 63.8 Å². The lowest BCUT2D eigenvalue weighted by Gasteiger charge is -2.32. The summed E-state index contributed by atoms with van der Waals surface area (Å²) < 4.78 is 14.4. The van der Waals surface area contributed by atoms with E-state index in [2.05, 4.69) is 147 Å². The van der Waals surface area contributed by atoms with Crippen LogP contribution in [0, 0.1) is 0 Å². The first kappa shape index (κ1) is 27.4. The summed E-state index contributed by atoms with van der Waals surface area (Å²) in [5.74, 6) is 0.892. The van der Waals surface area contributed by atoms with Crippen molar-refractivity contribution in [2.75, 3.05) is 13.2 Å². The van der Waals surface area contributed by atoms with Gasteiger partial charge in [-0.25, -0.2) is 4.99 Å². The van der Waals surface area contributed by atoms with Crippen molar-refractivity contribution < 1.29 is 4.74 Å². The number of aromatic nitrogens is 2. The number of rotatable bonds is 3. The first-order valence-corrected chi connectivity index (χ1v) is 18.2. The number of hydrogen-bond acceptors (Lipinski definition) is 5. The van der Waals surface area contributed by atoms with Gasteiger partial charge in [0.2, 0.25) is 0 Å². The van der Waals surface area contributed by atoms with Crippen molar-refractivity contribution in [3.05, 3.63) is 144 Å². The van der Waals surface area contributed by atoms with Crippen molar-refractivity contribution in [2.45, 2.75) is 24.4 Å². The number of thiophene rings is 1. The van der Waals surface area contributed by atoms with Crippen LogP contribution in [0.4, 0.5) is 0 Å². The second-order valence-corrected chi connectivity index (χ2v) is 15.0. The molecule has 4 atom stereocenters. The highest BCUT2D eigenvalue weighted by Gasteiger charge is 2.38. The summed E-state index contributed by atoms with van der Waals surface area (Å²) in [4.78, 5) is 5.30. The third-order valence-corrected chi connectivity index (χ3v) is 12.4. The van der Waals surface area contributed by atoms with Crippen molar-refractivity contribution in [1.82, 2.24) is 19.8 Å². The molecule has 50 heavy (non-hydrogen) atoms. The number of hydrogen-bond donors (Lipinski definition) is 2. The first-order chi connectivity index (χ1) is 24.8. The summed E-state index contributed by atoms with van der Waals surface area (Å²) in [7, 11) is 0. The molecule has 0 saturated carbocycles. The molecular formula is C43H31N5OS. The highest BCUT2D eigenvalue weighted by molar-refractivity contribution is 7.26. The molecule has 0 aliphatic carbocycles. The Hall–Kier alpha value is -5.47. The zero-order valence-corrected chi connectivity index (χ0v) is 27.8. The summed E-state index contributed by atoms with van der Waals surface area (Å²) in [6.45, 7) is 1.35. The fourth-order valence-electron chi connectivity index (χ4n) is 9.15. The van der Waals surface area contributed by atoms with Gasteiger partial charge in [0.15, 0.2) is 0 Å². The zero-order valence-electron chi connectivity index (χ0n) is 27.0. The van der Waals surface area contributed by atoms with Crippen molar-refractivity contribution in [1.29, 1.82) is 0 Å². The van der Waals surface area contributed by atoms with E-state index in [1.807, 2.05) is 11.3 Å². The van der Waals surface area contributed by atoms with Crippen LogP contribution in [0.2, 0.25) is 0 Å². The van der Waals surface area contributed by atoms with Gasteiger partial charge in [-0.1, -0.05) is 103 Å². The minimum absolute atomic E-state index is 0.0895. The monoisotopic (exact) mass is 665 g/mol. The van der Waals surface area contributed by atoms with E-state index in [0.29, 0.717) is 13.2 Å². The third-order valence-electron chi connectivity index (χ3n) is 11.3. The van der Waals surface area contributed by atoms with Gasteiger partial charge in [0.05, 0.1) is 41.8 Å². The Labute approximate surface area is 291 Å². The van der Waals surface area contributed by atoms with Crippen LogP contribution in [0.3, 0.4) is 0 Å². The van der Waals surface area contributed by atoms with E-state index in [-0.39, 0.29) is 24.4 Å². The fourth-order valence-corrected chi connectivity index (χ4v) is 10.3. The molecule has 0 radical (unpaired) electrons. The normalized spacial score (nSPS) is 21.6. The van der Waals surface area contributed by atoms with E-state index in [1.165, 1.54) is 69.3 Å². The van der Waals surface area contributed by atoms with Gasteiger partial charge in [0, 0.05) is 52.8 Å². The van der Waals surface area contributed by atoms with Gasteiger partial charge < -0.3 is 19.2 Å². The molecule has 3 aliphatic heterocycles. The van der Waals surface area contributed by atoms with Crippen LogP contribution in [-0.2, 0) is 4.74 Å². The number of amidine groups is 1. The van der Waals surface area contributed by atoms with E-state index >= 15 is 0 Å². The van der Waals surface area contributed by atoms with Gasteiger partial charge in [-0.15, -0.1) is 11.3 Å². The molecule has 3 aliphatic rings. The van der Waals surface area contributed by atoms with Crippen molar-refractivity contribution >= 4 is 81.0 Å². The predicted octanol–water partition coefficient (Wildman–Crippen LogP) is 9.73. The summed E-state index contributed by atoms with van der Waals surface area (Å²) in [5, 5.41) is 15.5. The van der Waals surface area contributed by atoms with E-state index in [9.17, 15) is 0 Å². The lowest BCUT2D eigenvalue weighted by atomic mass is 10.0. The molecular weight excluding hydrogens is 635 g/mol. The minimum atomic E-state index is -0.183. The predicted molar refractivity (Wildman–Crippen MR) is 205 cm³/mol. The largest absolute Gasteiger partial charge is 0.377 e. The molecule has 0 spiro atoms.